The van der Waals surface area contributed by atoms with Crippen molar-refractivity contribution in [1.29, 1.82) is 0 Å². The van der Waals surface area contributed by atoms with Gasteiger partial charge in [0.2, 0.25) is 15.9 Å². The van der Waals surface area contributed by atoms with E-state index in [4.69, 9.17) is 23.2 Å². The molecule has 31 heavy (non-hydrogen) atoms. The van der Waals surface area contributed by atoms with Crippen molar-refractivity contribution in [1.82, 2.24) is 14.1 Å². The topological polar surface area (TPSA) is 81.2 Å². The van der Waals surface area contributed by atoms with Crippen LogP contribution in [0, 0.1) is 0 Å². The van der Waals surface area contributed by atoms with E-state index in [1.807, 2.05) is 4.90 Å². The molecule has 0 radical (unpaired) electrons. The molecule has 172 valence electrons. The molecule has 3 aliphatic rings. The molecule has 10 heteroatoms. The van der Waals surface area contributed by atoms with Crippen LogP contribution in [0.1, 0.15) is 31.2 Å². The van der Waals surface area contributed by atoms with Crippen LogP contribution >= 0.6 is 23.2 Å². The Hall–Kier alpha value is -0.900. The Kier molecular flexibility index (Phi) is 6.87. The van der Waals surface area contributed by atoms with Crippen LogP contribution in [0.4, 0.5) is 0 Å². The van der Waals surface area contributed by atoms with E-state index in [0.29, 0.717) is 36.1 Å². The summed E-state index contributed by atoms with van der Waals surface area (Å²) in [5.41, 5.74) is 0.783. The molecule has 4 rings (SSSR count). The summed E-state index contributed by atoms with van der Waals surface area (Å²) in [5, 5.41) is 10.9. The number of rotatable bonds is 4. The van der Waals surface area contributed by atoms with Gasteiger partial charge in [-0.05, 0) is 37.0 Å². The number of sulfonamides is 1. The number of nitrogens with zero attached hydrogens (tertiary/aromatic N) is 3. The summed E-state index contributed by atoms with van der Waals surface area (Å²) < 4.78 is 26.6. The predicted octanol–water partition coefficient (Wildman–Crippen LogP) is 2.00. The lowest BCUT2D eigenvalue weighted by molar-refractivity contribution is -0.140. The van der Waals surface area contributed by atoms with Crippen LogP contribution in [0.25, 0.3) is 0 Å². The Labute approximate surface area is 193 Å². The second-order valence-corrected chi connectivity index (χ2v) is 11.6. The fourth-order valence-electron chi connectivity index (χ4n) is 5.48. The highest BCUT2D eigenvalue weighted by Crippen LogP contribution is 2.36. The summed E-state index contributed by atoms with van der Waals surface area (Å²) in [6, 6.07) is 4.77. The summed E-state index contributed by atoms with van der Waals surface area (Å²) in [6.07, 6.45) is 4.31. The Morgan fingerprint density at radius 3 is 2.48 bits per heavy atom. The van der Waals surface area contributed by atoms with Crippen LogP contribution in [0.5, 0.6) is 0 Å². The standard InChI is InChI=1S/C21H29Cl2N3O4S/c1-31(29,30)26-10-9-25(20(28)12-14-5-6-16(22)17(23)11-14)21-18(3-2-4-19(21)26)24-8-7-15(27)13-24/h5-6,11,15,18-19,21,27H,2-4,7-10,12-13H2,1H3/t15-,18-,19-,21+/m0/s1. The van der Waals surface area contributed by atoms with Crippen LogP contribution in [-0.4, -0.2) is 90.2 Å². The number of carbonyl (C=O) groups is 1. The third-order valence-electron chi connectivity index (χ3n) is 6.83. The summed E-state index contributed by atoms with van der Waals surface area (Å²) in [6.45, 7) is 2.01. The third kappa shape index (κ3) is 4.89. The number of piperazine rings is 1. The monoisotopic (exact) mass is 489 g/mol. The first-order valence-electron chi connectivity index (χ1n) is 10.8. The zero-order valence-corrected chi connectivity index (χ0v) is 19.9. The van der Waals surface area contributed by atoms with E-state index in [1.165, 1.54) is 6.26 Å². The minimum absolute atomic E-state index is 0.0341. The van der Waals surface area contributed by atoms with Gasteiger partial charge >= 0.3 is 0 Å². The van der Waals surface area contributed by atoms with E-state index in [2.05, 4.69) is 4.90 Å². The minimum Gasteiger partial charge on any atom is -0.392 e. The van der Waals surface area contributed by atoms with E-state index in [-0.39, 0.29) is 36.6 Å². The molecule has 2 aliphatic heterocycles. The van der Waals surface area contributed by atoms with Crippen LogP contribution in [-0.2, 0) is 21.2 Å². The van der Waals surface area contributed by atoms with Gasteiger partial charge < -0.3 is 10.0 Å². The molecule has 0 bridgehead atoms. The molecule has 4 atom stereocenters. The number of β-amino-alcohol motifs (C(OH)–C–C–N with tert-alkyl or cyclic N) is 1. The first-order chi connectivity index (χ1) is 14.6. The van der Waals surface area contributed by atoms with Crippen molar-refractivity contribution < 1.29 is 18.3 Å². The van der Waals surface area contributed by atoms with Crippen molar-refractivity contribution in [2.45, 2.75) is 56.3 Å². The smallest absolute Gasteiger partial charge is 0.227 e. The van der Waals surface area contributed by atoms with Crippen molar-refractivity contribution in [2.24, 2.45) is 0 Å². The molecule has 1 aromatic carbocycles. The first-order valence-corrected chi connectivity index (χ1v) is 13.4. The maximum absolute atomic E-state index is 13.4. The van der Waals surface area contributed by atoms with Gasteiger partial charge in [-0.1, -0.05) is 35.7 Å². The van der Waals surface area contributed by atoms with Crippen molar-refractivity contribution in [3.63, 3.8) is 0 Å². The average molecular weight is 490 g/mol. The molecule has 1 amide bonds. The van der Waals surface area contributed by atoms with Gasteiger partial charge in [-0.15, -0.1) is 0 Å². The fraction of sp³-hybridized carbons (Fsp3) is 0.667. The van der Waals surface area contributed by atoms with E-state index in [9.17, 15) is 18.3 Å². The normalized spacial score (nSPS) is 30.4. The number of hydrogen-bond donors (Lipinski definition) is 1. The van der Waals surface area contributed by atoms with Crippen molar-refractivity contribution in [3.8, 4) is 0 Å². The highest BCUT2D eigenvalue weighted by atomic mass is 35.5. The Balaban J connectivity index is 1.62. The number of likely N-dealkylation sites (tertiary alicyclic amines) is 1. The maximum atomic E-state index is 13.4. The molecule has 1 N–H and O–H groups in total. The Bertz CT molecular complexity index is 945. The van der Waals surface area contributed by atoms with Crippen molar-refractivity contribution in [3.05, 3.63) is 33.8 Å². The lowest BCUT2D eigenvalue weighted by Gasteiger charge is -2.53. The molecule has 1 aliphatic carbocycles. The van der Waals surface area contributed by atoms with Gasteiger partial charge in [-0.3, -0.25) is 9.69 Å². The number of carbonyl (C=O) groups excluding carboxylic acids is 1. The SMILES string of the molecule is CS(=O)(=O)N1CCN(C(=O)Cc2ccc(Cl)c(Cl)c2)[C@@H]2[C@@H](N3CC[C@H](O)C3)CCC[C@@H]21. The Morgan fingerprint density at radius 1 is 1.10 bits per heavy atom. The third-order valence-corrected chi connectivity index (χ3v) is 8.87. The second kappa shape index (κ2) is 9.15. The summed E-state index contributed by atoms with van der Waals surface area (Å²) in [7, 11) is -3.38. The van der Waals surface area contributed by atoms with E-state index >= 15 is 0 Å². The quantitative estimate of drug-likeness (QED) is 0.699. The van der Waals surface area contributed by atoms with Crippen molar-refractivity contribution >= 4 is 39.1 Å². The van der Waals surface area contributed by atoms with Crippen LogP contribution in [0.15, 0.2) is 18.2 Å². The molecule has 2 heterocycles. The molecule has 0 aromatic heterocycles. The minimum atomic E-state index is -3.38. The maximum Gasteiger partial charge on any atom is 0.227 e. The van der Waals surface area contributed by atoms with Gasteiger partial charge in [0, 0.05) is 38.3 Å². The van der Waals surface area contributed by atoms with Gasteiger partial charge in [-0.2, -0.15) is 4.31 Å². The molecular formula is C21H29Cl2N3O4S. The highest BCUT2D eigenvalue weighted by molar-refractivity contribution is 7.88. The largest absolute Gasteiger partial charge is 0.392 e. The fourth-order valence-corrected chi connectivity index (χ4v) is 6.94. The number of benzene rings is 1. The number of halogens is 2. The van der Waals surface area contributed by atoms with Crippen molar-refractivity contribution in [2.75, 3.05) is 32.4 Å². The number of fused-ring (bicyclic) bond motifs is 1. The molecule has 3 fully saturated rings. The molecule has 1 aromatic rings. The highest BCUT2D eigenvalue weighted by Gasteiger charge is 2.49. The Morgan fingerprint density at radius 2 is 1.84 bits per heavy atom. The van der Waals surface area contributed by atoms with Gasteiger partial charge in [0.15, 0.2) is 0 Å². The molecule has 0 spiro atoms. The van der Waals surface area contributed by atoms with Gasteiger partial charge in [0.25, 0.3) is 0 Å². The molecule has 7 nitrogen and oxygen atoms in total. The van der Waals surface area contributed by atoms with Gasteiger partial charge in [0.1, 0.15) is 0 Å². The summed E-state index contributed by atoms with van der Waals surface area (Å²) in [4.78, 5) is 17.5. The van der Waals surface area contributed by atoms with E-state index in [0.717, 1.165) is 31.4 Å². The number of aliphatic hydroxyl groups excluding tert-OH is 1. The summed E-state index contributed by atoms with van der Waals surface area (Å²) in [5.74, 6) is -0.0341. The molecule has 1 saturated carbocycles. The summed E-state index contributed by atoms with van der Waals surface area (Å²) >= 11 is 12.1. The molecular weight excluding hydrogens is 461 g/mol. The van der Waals surface area contributed by atoms with Gasteiger partial charge in [-0.25, -0.2) is 8.42 Å². The van der Waals surface area contributed by atoms with E-state index in [1.54, 1.807) is 22.5 Å². The molecule has 0 unspecified atom stereocenters. The lowest BCUT2D eigenvalue weighted by atomic mass is 9.82. The van der Waals surface area contributed by atoms with Crippen LogP contribution < -0.4 is 0 Å². The zero-order valence-electron chi connectivity index (χ0n) is 17.6. The van der Waals surface area contributed by atoms with Gasteiger partial charge in [0.05, 0.1) is 34.9 Å². The van der Waals surface area contributed by atoms with E-state index < -0.39 is 10.0 Å². The number of hydrogen-bond acceptors (Lipinski definition) is 5. The van der Waals surface area contributed by atoms with Crippen LogP contribution in [0.2, 0.25) is 10.0 Å². The van der Waals surface area contributed by atoms with Crippen LogP contribution in [0.3, 0.4) is 0 Å². The predicted molar refractivity (Wildman–Crippen MR) is 121 cm³/mol. The lowest BCUT2D eigenvalue weighted by Crippen LogP contribution is -2.69. The first kappa shape index (κ1) is 23.3. The second-order valence-electron chi connectivity index (χ2n) is 8.88. The number of amides is 1. The zero-order chi connectivity index (χ0) is 22.3. The number of aliphatic hydroxyl groups is 1. The molecule has 2 saturated heterocycles. The average Bonchev–Trinajstić information content (AvgIpc) is 3.14.